The Morgan fingerprint density at radius 2 is 2.00 bits per heavy atom. The Balaban J connectivity index is 1.68. The largest absolute Gasteiger partial charge is 0.496 e. The second kappa shape index (κ2) is 9.29. The fourth-order valence-electron chi connectivity index (χ4n) is 2.82. The second-order valence-corrected chi connectivity index (χ2v) is 8.29. The van der Waals surface area contributed by atoms with E-state index in [0.29, 0.717) is 10.8 Å². The third kappa shape index (κ3) is 5.28. The summed E-state index contributed by atoms with van der Waals surface area (Å²) in [5.41, 5.74) is 3.69. The normalized spacial score (nSPS) is 10.7. The molecule has 0 aliphatic heterocycles. The van der Waals surface area contributed by atoms with Gasteiger partial charge >= 0.3 is 5.97 Å². The van der Waals surface area contributed by atoms with Crippen molar-refractivity contribution in [3.05, 3.63) is 63.6 Å². The van der Waals surface area contributed by atoms with Crippen molar-refractivity contribution in [2.45, 2.75) is 20.0 Å². The number of ether oxygens (including phenoxy) is 2. The lowest BCUT2D eigenvalue weighted by Gasteiger charge is -2.13. The van der Waals surface area contributed by atoms with Gasteiger partial charge in [-0.1, -0.05) is 23.7 Å². The summed E-state index contributed by atoms with van der Waals surface area (Å²) in [5.74, 6) is 0.378. The fraction of sp³-hybridized carbons (Fsp3) is 0.273. The summed E-state index contributed by atoms with van der Waals surface area (Å²) in [6, 6.07) is 13.4. The molecule has 0 bridgehead atoms. The molecule has 0 spiro atoms. The van der Waals surface area contributed by atoms with Crippen LogP contribution >= 0.6 is 22.9 Å². The van der Waals surface area contributed by atoms with E-state index in [1.807, 2.05) is 56.3 Å². The van der Waals surface area contributed by atoms with Gasteiger partial charge in [0.25, 0.3) is 0 Å². The van der Waals surface area contributed by atoms with Crippen LogP contribution in [-0.2, 0) is 22.6 Å². The lowest BCUT2D eigenvalue weighted by atomic mass is 10.2. The minimum atomic E-state index is -0.276. The molecule has 3 rings (SSSR count). The summed E-state index contributed by atoms with van der Waals surface area (Å²) in [6.07, 6.45) is 0.187. The molecule has 152 valence electrons. The molecular weight excluding hydrogens is 408 g/mol. The first-order valence-electron chi connectivity index (χ1n) is 9.09. The molecule has 0 atom stereocenters. The Morgan fingerprint density at radius 3 is 2.72 bits per heavy atom. The number of hydrogen-bond acceptors (Lipinski definition) is 6. The van der Waals surface area contributed by atoms with Crippen LogP contribution in [0.5, 0.6) is 5.75 Å². The first kappa shape index (κ1) is 21.1. The number of aromatic nitrogens is 1. The van der Waals surface area contributed by atoms with Gasteiger partial charge in [-0.25, -0.2) is 4.98 Å². The molecule has 3 aromatic rings. The van der Waals surface area contributed by atoms with Crippen molar-refractivity contribution < 1.29 is 14.3 Å². The highest BCUT2D eigenvalue weighted by Gasteiger charge is 2.16. The van der Waals surface area contributed by atoms with Gasteiger partial charge in [-0.05, 0) is 42.8 Å². The Hall–Kier alpha value is -2.57. The molecule has 0 radical (unpaired) electrons. The van der Waals surface area contributed by atoms with Crippen molar-refractivity contribution in [2.75, 3.05) is 26.1 Å². The third-order valence-electron chi connectivity index (χ3n) is 4.42. The molecule has 1 aromatic heterocycles. The average molecular weight is 431 g/mol. The van der Waals surface area contributed by atoms with Gasteiger partial charge in [0.15, 0.2) is 0 Å². The maximum atomic E-state index is 12.4. The molecule has 2 aromatic carbocycles. The topological polar surface area (TPSA) is 51.7 Å². The summed E-state index contributed by atoms with van der Waals surface area (Å²) in [4.78, 5) is 19.9. The van der Waals surface area contributed by atoms with E-state index in [1.54, 1.807) is 19.2 Å². The van der Waals surface area contributed by atoms with E-state index in [2.05, 4.69) is 4.98 Å². The van der Waals surface area contributed by atoms with Gasteiger partial charge in [0.05, 0.1) is 24.8 Å². The van der Waals surface area contributed by atoms with E-state index in [9.17, 15) is 4.79 Å². The summed E-state index contributed by atoms with van der Waals surface area (Å²) in [5, 5.41) is 1.39. The van der Waals surface area contributed by atoms with Gasteiger partial charge in [-0.2, -0.15) is 0 Å². The SMILES string of the molecule is COc1cc(Cl)ccc1-c1nc(C)c(CC(=O)OCc2cccc(N(C)C)c2)s1. The highest BCUT2D eigenvalue weighted by atomic mass is 35.5. The molecule has 0 N–H and O–H groups in total. The first-order chi connectivity index (χ1) is 13.9. The molecule has 0 saturated carbocycles. The number of rotatable bonds is 7. The van der Waals surface area contributed by atoms with Crippen LogP contribution in [0.4, 0.5) is 5.69 Å². The summed E-state index contributed by atoms with van der Waals surface area (Å²) >= 11 is 7.50. The molecule has 1 heterocycles. The number of halogens is 1. The minimum Gasteiger partial charge on any atom is -0.496 e. The van der Waals surface area contributed by atoms with Crippen molar-refractivity contribution in [3.63, 3.8) is 0 Å². The molecule has 0 amide bonds. The molecule has 29 heavy (non-hydrogen) atoms. The molecule has 5 nitrogen and oxygen atoms in total. The van der Waals surface area contributed by atoms with Gasteiger partial charge in [0.2, 0.25) is 0 Å². The summed E-state index contributed by atoms with van der Waals surface area (Å²) in [7, 11) is 5.55. The highest BCUT2D eigenvalue weighted by Crippen LogP contribution is 2.36. The van der Waals surface area contributed by atoms with E-state index >= 15 is 0 Å². The van der Waals surface area contributed by atoms with Crippen LogP contribution in [0, 0.1) is 6.92 Å². The summed E-state index contributed by atoms with van der Waals surface area (Å²) < 4.78 is 10.9. The van der Waals surface area contributed by atoms with E-state index in [1.165, 1.54) is 11.3 Å². The Kier molecular flexibility index (Phi) is 6.77. The van der Waals surface area contributed by atoms with Crippen LogP contribution in [0.1, 0.15) is 16.1 Å². The van der Waals surface area contributed by atoms with Crippen LogP contribution in [-0.4, -0.2) is 32.2 Å². The molecule has 0 saturated heterocycles. The number of aryl methyl sites for hydroxylation is 1. The smallest absolute Gasteiger partial charge is 0.311 e. The van der Waals surface area contributed by atoms with Crippen molar-refractivity contribution in [2.24, 2.45) is 0 Å². The zero-order valence-corrected chi connectivity index (χ0v) is 18.4. The van der Waals surface area contributed by atoms with Gasteiger partial charge in [-0.3, -0.25) is 4.79 Å². The molecule has 7 heteroatoms. The highest BCUT2D eigenvalue weighted by molar-refractivity contribution is 7.15. The third-order valence-corrected chi connectivity index (χ3v) is 5.84. The van der Waals surface area contributed by atoms with Crippen LogP contribution in [0.3, 0.4) is 0 Å². The van der Waals surface area contributed by atoms with Gasteiger partial charge in [0, 0.05) is 29.7 Å². The Morgan fingerprint density at radius 1 is 1.21 bits per heavy atom. The van der Waals surface area contributed by atoms with Crippen molar-refractivity contribution >= 4 is 34.6 Å². The predicted molar refractivity (Wildman–Crippen MR) is 118 cm³/mol. The number of carbonyl (C=O) groups excluding carboxylic acids is 1. The lowest BCUT2D eigenvalue weighted by molar-refractivity contribution is -0.144. The number of anilines is 1. The van der Waals surface area contributed by atoms with Crippen molar-refractivity contribution in [3.8, 4) is 16.3 Å². The summed E-state index contributed by atoms with van der Waals surface area (Å²) in [6.45, 7) is 2.14. The number of esters is 1. The molecule has 0 aliphatic carbocycles. The van der Waals surface area contributed by atoms with E-state index in [4.69, 9.17) is 21.1 Å². The molecular formula is C22H23ClN2O3S. The van der Waals surface area contributed by atoms with E-state index < -0.39 is 0 Å². The Labute approximate surface area is 179 Å². The predicted octanol–water partition coefficient (Wildman–Crippen LogP) is 5.13. The van der Waals surface area contributed by atoms with E-state index in [-0.39, 0.29) is 19.0 Å². The zero-order valence-electron chi connectivity index (χ0n) is 16.9. The second-order valence-electron chi connectivity index (χ2n) is 6.77. The Bertz CT molecular complexity index is 1020. The quantitative estimate of drug-likeness (QED) is 0.486. The van der Waals surface area contributed by atoms with Crippen LogP contribution in [0.15, 0.2) is 42.5 Å². The standard InChI is InChI=1S/C22H23ClN2O3S/c1-14-20(29-22(24-14)18-9-8-16(23)11-19(18)27-4)12-21(26)28-13-15-6-5-7-17(10-15)25(2)3/h5-11H,12-13H2,1-4H3. The van der Waals surface area contributed by atoms with Gasteiger partial charge < -0.3 is 14.4 Å². The van der Waals surface area contributed by atoms with Crippen molar-refractivity contribution in [1.82, 2.24) is 4.98 Å². The first-order valence-corrected chi connectivity index (χ1v) is 10.3. The molecule has 0 aliphatic rings. The van der Waals surface area contributed by atoms with Crippen LogP contribution in [0.2, 0.25) is 5.02 Å². The fourth-order valence-corrected chi connectivity index (χ4v) is 4.06. The number of hydrogen-bond donors (Lipinski definition) is 0. The van der Waals surface area contributed by atoms with Crippen LogP contribution in [0.25, 0.3) is 10.6 Å². The van der Waals surface area contributed by atoms with Gasteiger partial charge in [-0.15, -0.1) is 11.3 Å². The average Bonchev–Trinajstić information content (AvgIpc) is 3.06. The number of nitrogens with zero attached hydrogens (tertiary/aromatic N) is 2. The number of methoxy groups -OCH3 is 1. The van der Waals surface area contributed by atoms with E-state index in [0.717, 1.165) is 32.4 Å². The van der Waals surface area contributed by atoms with Gasteiger partial charge in [0.1, 0.15) is 17.4 Å². The number of benzene rings is 2. The number of carbonyl (C=O) groups is 1. The minimum absolute atomic E-state index is 0.187. The monoisotopic (exact) mass is 430 g/mol. The van der Waals surface area contributed by atoms with Crippen molar-refractivity contribution in [1.29, 1.82) is 0 Å². The number of thiazole rings is 1. The maximum absolute atomic E-state index is 12.4. The lowest BCUT2D eigenvalue weighted by Crippen LogP contribution is -2.10. The molecule has 0 fully saturated rings. The van der Waals surface area contributed by atoms with Crippen LogP contribution < -0.4 is 9.64 Å². The zero-order chi connectivity index (χ0) is 21.0. The molecule has 0 unspecified atom stereocenters. The maximum Gasteiger partial charge on any atom is 0.311 e.